The second kappa shape index (κ2) is 6.62. The van der Waals surface area contributed by atoms with Crippen molar-refractivity contribution in [1.82, 2.24) is 20.1 Å². The fourth-order valence-electron chi connectivity index (χ4n) is 2.37. The number of rotatable bonds is 6. The molecule has 0 unspecified atom stereocenters. The minimum atomic E-state index is -0.0569. The maximum atomic E-state index is 12.0. The summed E-state index contributed by atoms with van der Waals surface area (Å²) in [5.41, 5.74) is 1.78. The van der Waals surface area contributed by atoms with Crippen LogP contribution in [0.4, 0.5) is 0 Å². The minimum absolute atomic E-state index is 0.0569. The van der Waals surface area contributed by atoms with Gasteiger partial charge in [-0.25, -0.2) is 0 Å². The quantitative estimate of drug-likeness (QED) is 0.701. The third-order valence-electron chi connectivity index (χ3n) is 3.49. The van der Waals surface area contributed by atoms with Gasteiger partial charge in [-0.15, -0.1) is 10.2 Å². The Morgan fingerprint density at radius 1 is 1.35 bits per heavy atom. The molecular formula is C16H18N4O3. The molecule has 23 heavy (non-hydrogen) atoms. The van der Waals surface area contributed by atoms with Crippen molar-refractivity contribution in [3.63, 3.8) is 0 Å². The number of hydrogen-bond acceptors (Lipinski definition) is 5. The van der Waals surface area contributed by atoms with E-state index in [2.05, 4.69) is 15.5 Å². The van der Waals surface area contributed by atoms with Crippen molar-refractivity contribution < 1.29 is 13.9 Å². The standard InChI is InChI=1S/C16H18N4O3/c1-11-18-19-16(23-11)13-4-3-12-5-7-20(14(12)9-13)10-15(21)17-6-8-22-2/h3-5,7,9H,6,8,10H2,1-2H3,(H,17,21). The molecule has 1 N–H and O–H groups in total. The lowest BCUT2D eigenvalue weighted by atomic mass is 10.1. The Labute approximate surface area is 133 Å². The van der Waals surface area contributed by atoms with Crippen molar-refractivity contribution in [3.8, 4) is 11.5 Å². The fourth-order valence-corrected chi connectivity index (χ4v) is 2.37. The van der Waals surface area contributed by atoms with E-state index in [4.69, 9.17) is 9.15 Å². The van der Waals surface area contributed by atoms with Crippen molar-refractivity contribution in [3.05, 3.63) is 36.4 Å². The van der Waals surface area contributed by atoms with E-state index in [9.17, 15) is 4.79 Å². The fraction of sp³-hybridized carbons (Fsp3) is 0.312. The highest BCUT2D eigenvalue weighted by Crippen LogP contribution is 2.24. The molecule has 1 aromatic carbocycles. The SMILES string of the molecule is COCCNC(=O)Cn1ccc2ccc(-c3nnc(C)o3)cc21. The molecule has 1 amide bonds. The van der Waals surface area contributed by atoms with E-state index in [1.807, 2.05) is 35.0 Å². The van der Waals surface area contributed by atoms with Gasteiger partial charge in [0.25, 0.3) is 0 Å². The molecule has 2 aromatic heterocycles. The molecule has 0 fully saturated rings. The van der Waals surface area contributed by atoms with E-state index in [0.29, 0.717) is 24.9 Å². The van der Waals surface area contributed by atoms with Gasteiger partial charge in [-0.1, -0.05) is 6.07 Å². The number of benzene rings is 1. The van der Waals surface area contributed by atoms with Gasteiger partial charge in [0, 0.05) is 37.9 Å². The van der Waals surface area contributed by atoms with Crippen LogP contribution in [0.1, 0.15) is 5.89 Å². The van der Waals surface area contributed by atoms with Crippen LogP contribution >= 0.6 is 0 Å². The summed E-state index contributed by atoms with van der Waals surface area (Å²) in [6.07, 6.45) is 1.89. The number of methoxy groups -OCH3 is 1. The summed E-state index contributed by atoms with van der Waals surface area (Å²) in [5.74, 6) is 0.938. The molecule has 0 bridgehead atoms. The van der Waals surface area contributed by atoms with Gasteiger partial charge in [-0.2, -0.15) is 0 Å². The maximum Gasteiger partial charge on any atom is 0.247 e. The van der Waals surface area contributed by atoms with E-state index in [1.165, 1.54) is 0 Å². The zero-order valence-electron chi connectivity index (χ0n) is 13.1. The summed E-state index contributed by atoms with van der Waals surface area (Å²) in [7, 11) is 1.60. The number of fused-ring (bicyclic) bond motifs is 1. The monoisotopic (exact) mass is 314 g/mol. The second-order valence-electron chi connectivity index (χ2n) is 5.19. The molecule has 0 radical (unpaired) electrons. The smallest absolute Gasteiger partial charge is 0.247 e. The average molecular weight is 314 g/mol. The topological polar surface area (TPSA) is 82.2 Å². The molecule has 120 valence electrons. The summed E-state index contributed by atoms with van der Waals surface area (Å²) < 4.78 is 12.3. The van der Waals surface area contributed by atoms with E-state index >= 15 is 0 Å². The average Bonchev–Trinajstić information content (AvgIpc) is 3.14. The van der Waals surface area contributed by atoms with Crippen LogP contribution in [0.25, 0.3) is 22.4 Å². The highest BCUT2D eigenvalue weighted by Gasteiger charge is 2.10. The third-order valence-corrected chi connectivity index (χ3v) is 3.49. The number of hydrogen-bond donors (Lipinski definition) is 1. The van der Waals surface area contributed by atoms with Gasteiger partial charge in [-0.3, -0.25) is 4.79 Å². The Bertz CT molecular complexity index is 822. The van der Waals surface area contributed by atoms with E-state index < -0.39 is 0 Å². The lowest BCUT2D eigenvalue weighted by Crippen LogP contribution is -2.30. The molecule has 7 nitrogen and oxygen atoms in total. The lowest BCUT2D eigenvalue weighted by molar-refractivity contribution is -0.121. The zero-order valence-corrected chi connectivity index (χ0v) is 13.1. The molecule has 7 heteroatoms. The Hall–Kier alpha value is -2.67. The molecule has 0 aliphatic rings. The summed E-state index contributed by atoms with van der Waals surface area (Å²) in [4.78, 5) is 12.0. The lowest BCUT2D eigenvalue weighted by Gasteiger charge is -2.07. The molecule has 3 aromatic rings. The number of carbonyl (C=O) groups excluding carboxylic acids is 1. The van der Waals surface area contributed by atoms with Crippen molar-refractivity contribution in [2.24, 2.45) is 0 Å². The summed E-state index contributed by atoms with van der Waals surface area (Å²) in [5, 5.41) is 11.7. The van der Waals surface area contributed by atoms with Crippen molar-refractivity contribution in [1.29, 1.82) is 0 Å². The number of ether oxygens (including phenoxy) is 1. The van der Waals surface area contributed by atoms with Gasteiger partial charge >= 0.3 is 0 Å². The van der Waals surface area contributed by atoms with Crippen LogP contribution in [0.2, 0.25) is 0 Å². The Balaban J connectivity index is 1.82. The summed E-state index contributed by atoms with van der Waals surface area (Å²) >= 11 is 0. The van der Waals surface area contributed by atoms with Crippen LogP contribution in [0.3, 0.4) is 0 Å². The summed E-state index contributed by atoms with van der Waals surface area (Å²) in [6.45, 7) is 3.00. The first-order valence-electron chi connectivity index (χ1n) is 7.32. The number of nitrogens with zero attached hydrogens (tertiary/aromatic N) is 3. The second-order valence-corrected chi connectivity index (χ2v) is 5.19. The molecule has 2 heterocycles. The predicted molar refractivity (Wildman–Crippen MR) is 84.9 cm³/mol. The van der Waals surface area contributed by atoms with Crippen molar-refractivity contribution >= 4 is 16.8 Å². The minimum Gasteiger partial charge on any atom is -0.421 e. The molecule has 3 rings (SSSR count). The highest BCUT2D eigenvalue weighted by atomic mass is 16.5. The Morgan fingerprint density at radius 3 is 2.96 bits per heavy atom. The van der Waals surface area contributed by atoms with E-state index in [-0.39, 0.29) is 12.5 Å². The van der Waals surface area contributed by atoms with Crippen molar-refractivity contribution in [2.45, 2.75) is 13.5 Å². The van der Waals surface area contributed by atoms with Gasteiger partial charge in [0.2, 0.25) is 17.7 Å². The van der Waals surface area contributed by atoms with Crippen LogP contribution in [0.15, 0.2) is 34.9 Å². The van der Waals surface area contributed by atoms with Crippen LogP contribution in [0.5, 0.6) is 0 Å². The summed E-state index contributed by atoms with van der Waals surface area (Å²) in [6, 6.07) is 7.83. The zero-order chi connectivity index (χ0) is 16.2. The number of amides is 1. The predicted octanol–water partition coefficient (Wildman–Crippen LogP) is 1.76. The van der Waals surface area contributed by atoms with Crippen molar-refractivity contribution in [2.75, 3.05) is 20.3 Å². The molecule has 0 atom stereocenters. The highest BCUT2D eigenvalue weighted by molar-refractivity contribution is 5.86. The van der Waals surface area contributed by atoms with Crippen LogP contribution < -0.4 is 5.32 Å². The first kappa shape index (κ1) is 15.2. The third kappa shape index (κ3) is 3.40. The molecule has 0 saturated carbocycles. The largest absolute Gasteiger partial charge is 0.421 e. The van der Waals surface area contributed by atoms with E-state index in [0.717, 1.165) is 16.5 Å². The maximum absolute atomic E-state index is 12.0. The Morgan fingerprint density at radius 2 is 2.22 bits per heavy atom. The normalized spacial score (nSPS) is 11.0. The number of carbonyl (C=O) groups is 1. The molecule has 0 aliphatic carbocycles. The van der Waals surface area contributed by atoms with Crippen LogP contribution in [-0.2, 0) is 16.1 Å². The first-order valence-corrected chi connectivity index (χ1v) is 7.32. The van der Waals surface area contributed by atoms with Gasteiger partial charge < -0.3 is 19.0 Å². The van der Waals surface area contributed by atoms with Crippen LogP contribution in [0, 0.1) is 6.92 Å². The van der Waals surface area contributed by atoms with Gasteiger partial charge in [0.15, 0.2) is 0 Å². The number of aryl methyl sites for hydroxylation is 1. The van der Waals surface area contributed by atoms with Gasteiger partial charge in [0.05, 0.1) is 6.61 Å². The molecule has 0 spiro atoms. The first-order chi connectivity index (χ1) is 11.2. The molecule has 0 saturated heterocycles. The van der Waals surface area contributed by atoms with Gasteiger partial charge in [-0.05, 0) is 23.6 Å². The Kier molecular flexibility index (Phi) is 4.38. The molecular weight excluding hydrogens is 296 g/mol. The van der Waals surface area contributed by atoms with Gasteiger partial charge in [0.1, 0.15) is 6.54 Å². The number of aromatic nitrogens is 3. The number of nitrogens with one attached hydrogen (secondary N) is 1. The molecule has 0 aliphatic heterocycles. The van der Waals surface area contributed by atoms with E-state index in [1.54, 1.807) is 14.0 Å². The van der Waals surface area contributed by atoms with Crippen LogP contribution in [-0.4, -0.2) is 40.9 Å².